The van der Waals surface area contributed by atoms with Crippen molar-refractivity contribution >= 4 is 0 Å². The van der Waals surface area contributed by atoms with E-state index in [0.717, 1.165) is 6.20 Å². The lowest BCUT2D eigenvalue weighted by molar-refractivity contribution is -0.207. The maximum atomic E-state index is 12.1. The Kier molecular flexibility index (Phi) is 2.90. The number of hydrogen-bond acceptors (Lipinski definition) is 2. The number of alkyl halides is 3. The summed E-state index contributed by atoms with van der Waals surface area (Å²) in [5.74, 6) is 0. The average molecular weight is 221 g/mol. The molecule has 0 amide bonds. The maximum absolute atomic E-state index is 12.1. The molecule has 0 saturated heterocycles. The SMILES string of the molecule is Cc1[nH]cc(C(O)C(F)(F)F)c(=O)c1C. The molecule has 1 heterocycles. The van der Waals surface area contributed by atoms with Crippen LogP contribution in [0.15, 0.2) is 11.0 Å². The quantitative estimate of drug-likeness (QED) is 0.756. The van der Waals surface area contributed by atoms with Crippen LogP contribution in [0.3, 0.4) is 0 Å². The molecule has 6 heteroatoms. The van der Waals surface area contributed by atoms with E-state index in [-0.39, 0.29) is 5.56 Å². The summed E-state index contributed by atoms with van der Waals surface area (Å²) in [7, 11) is 0. The van der Waals surface area contributed by atoms with Gasteiger partial charge in [0.2, 0.25) is 0 Å². The number of aromatic nitrogens is 1. The van der Waals surface area contributed by atoms with E-state index in [1.807, 2.05) is 0 Å². The summed E-state index contributed by atoms with van der Waals surface area (Å²) in [5, 5.41) is 8.91. The van der Waals surface area contributed by atoms with Gasteiger partial charge in [0.05, 0.1) is 5.56 Å². The van der Waals surface area contributed by atoms with Crippen LogP contribution in [0, 0.1) is 13.8 Å². The molecule has 1 atom stereocenters. The molecular formula is C9H10F3NO2. The van der Waals surface area contributed by atoms with Gasteiger partial charge >= 0.3 is 6.18 Å². The minimum absolute atomic E-state index is 0.177. The second-order valence-corrected chi connectivity index (χ2v) is 3.27. The molecule has 3 nitrogen and oxygen atoms in total. The zero-order valence-electron chi connectivity index (χ0n) is 8.14. The topological polar surface area (TPSA) is 53.1 Å². The normalized spacial score (nSPS) is 14.0. The molecule has 0 radical (unpaired) electrons. The Morgan fingerprint density at radius 1 is 1.40 bits per heavy atom. The van der Waals surface area contributed by atoms with Crippen molar-refractivity contribution < 1.29 is 18.3 Å². The molecule has 0 aliphatic rings. The number of pyridine rings is 1. The van der Waals surface area contributed by atoms with Gasteiger partial charge in [0.1, 0.15) is 0 Å². The van der Waals surface area contributed by atoms with Crippen molar-refractivity contribution in [2.24, 2.45) is 0 Å². The van der Waals surface area contributed by atoms with Crippen molar-refractivity contribution in [3.63, 3.8) is 0 Å². The Morgan fingerprint density at radius 3 is 2.40 bits per heavy atom. The summed E-state index contributed by atoms with van der Waals surface area (Å²) >= 11 is 0. The predicted octanol–water partition coefficient (Wildman–Crippen LogP) is 1.59. The third kappa shape index (κ3) is 2.20. The smallest absolute Gasteiger partial charge is 0.379 e. The van der Waals surface area contributed by atoms with E-state index in [2.05, 4.69) is 4.98 Å². The molecule has 1 aromatic rings. The fourth-order valence-electron chi connectivity index (χ4n) is 1.13. The highest BCUT2D eigenvalue weighted by Crippen LogP contribution is 2.30. The number of nitrogens with one attached hydrogen (secondary N) is 1. The molecule has 1 rings (SSSR count). The predicted molar refractivity (Wildman–Crippen MR) is 47.6 cm³/mol. The van der Waals surface area contributed by atoms with Gasteiger partial charge in [-0.25, -0.2) is 0 Å². The lowest BCUT2D eigenvalue weighted by Gasteiger charge is -2.14. The van der Waals surface area contributed by atoms with E-state index in [4.69, 9.17) is 5.11 Å². The molecule has 0 fully saturated rings. The second kappa shape index (κ2) is 3.69. The number of aryl methyl sites for hydroxylation is 1. The Hall–Kier alpha value is -1.30. The molecule has 0 aliphatic heterocycles. The van der Waals surface area contributed by atoms with Gasteiger partial charge in [0, 0.05) is 17.5 Å². The number of aromatic amines is 1. The largest absolute Gasteiger partial charge is 0.418 e. The summed E-state index contributed by atoms with van der Waals surface area (Å²) in [6, 6.07) is 0. The number of hydrogen-bond donors (Lipinski definition) is 2. The van der Waals surface area contributed by atoms with Gasteiger partial charge in [-0.3, -0.25) is 4.79 Å². The highest BCUT2D eigenvalue weighted by molar-refractivity contribution is 5.25. The third-order valence-electron chi connectivity index (χ3n) is 2.21. The zero-order valence-corrected chi connectivity index (χ0v) is 8.14. The van der Waals surface area contributed by atoms with Gasteiger partial charge in [-0.15, -0.1) is 0 Å². The number of H-pyrrole nitrogens is 1. The van der Waals surface area contributed by atoms with Crippen LogP contribution in [0.4, 0.5) is 13.2 Å². The Morgan fingerprint density at radius 2 is 1.93 bits per heavy atom. The van der Waals surface area contributed by atoms with Gasteiger partial charge in [0.25, 0.3) is 0 Å². The van der Waals surface area contributed by atoms with Crippen molar-refractivity contribution in [2.75, 3.05) is 0 Å². The Balaban J connectivity index is 3.29. The average Bonchev–Trinajstić information content (AvgIpc) is 2.12. The van der Waals surface area contributed by atoms with Gasteiger partial charge < -0.3 is 10.1 Å². The van der Waals surface area contributed by atoms with Gasteiger partial charge in [0.15, 0.2) is 11.5 Å². The fraction of sp³-hybridized carbons (Fsp3) is 0.444. The highest BCUT2D eigenvalue weighted by Gasteiger charge is 2.40. The summed E-state index contributed by atoms with van der Waals surface area (Å²) in [4.78, 5) is 13.9. The van der Waals surface area contributed by atoms with E-state index in [1.54, 1.807) is 6.92 Å². The van der Waals surface area contributed by atoms with E-state index in [0.29, 0.717) is 5.69 Å². The lowest BCUT2D eigenvalue weighted by atomic mass is 10.1. The molecule has 0 aliphatic carbocycles. The number of aliphatic hydroxyl groups is 1. The number of halogens is 3. The van der Waals surface area contributed by atoms with Crippen LogP contribution >= 0.6 is 0 Å². The monoisotopic (exact) mass is 221 g/mol. The van der Waals surface area contributed by atoms with E-state index in [1.165, 1.54) is 6.92 Å². The molecule has 0 aromatic carbocycles. The second-order valence-electron chi connectivity index (χ2n) is 3.27. The number of rotatable bonds is 1. The summed E-state index contributed by atoms with van der Waals surface area (Å²) in [6.07, 6.45) is -6.67. The zero-order chi connectivity index (χ0) is 11.8. The first-order chi connectivity index (χ1) is 6.75. The standard InChI is InChI=1S/C9H10F3NO2/c1-4-5(2)13-3-6(7(4)14)8(15)9(10,11)12/h3,8,15H,1-2H3,(H,13,14). The Labute approximate surface area is 83.6 Å². The molecule has 1 aromatic heterocycles. The van der Waals surface area contributed by atoms with Crippen molar-refractivity contribution in [1.82, 2.24) is 4.98 Å². The van der Waals surface area contributed by atoms with E-state index in [9.17, 15) is 18.0 Å². The van der Waals surface area contributed by atoms with Crippen LogP contribution in [-0.4, -0.2) is 16.3 Å². The van der Waals surface area contributed by atoms with Gasteiger partial charge in [-0.2, -0.15) is 13.2 Å². The Bertz CT molecular complexity index is 422. The minimum atomic E-state index is -4.82. The first-order valence-electron chi connectivity index (χ1n) is 4.18. The molecule has 1 unspecified atom stereocenters. The van der Waals surface area contributed by atoms with Crippen LogP contribution < -0.4 is 5.43 Å². The van der Waals surface area contributed by atoms with Crippen molar-refractivity contribution in [3.05, 3.63) is 33.2 Å². The van der Waals surface area contributed by atoms with Crippen LogP contribution in [0.1, 0.15) is 22.9 Å². The van der Waals surface area contributed by atoms with Gasteiger partial charge in [-0.05, 0) is 13.8 Å². The molecule has 0 spiro atoms. The summed E-state index contributed by atoms with van der Waals surface area (Å²) < 4.78 is 36.4. The van der Waals surface area contributed by atoms with Crippen molar-refractivity contribution in [1.29, 1.82) is 0 Å². The highest BCUT2D eigenvalue weighted by atomic mass is 19.4. The molecule has 15 heavy (non-hydrogen) atoms. The van der Waals surface area contributed by atoms with Crippen LogP contribution in [0.25, 0.3) is 0 Å². The van der Waals surface area contributed by atoms with Gasteiger partial charge in [-0.1, -0.05) is 0 Å². The van der Waals surface area contributed by atoms with E-state index < -0.39 is 23.3 Å². The first-order valence-corrected chi connectivity index (χ1v) is 4.18. The number of aliphatic hydroxyl groups excluding tert-OH is 1. The molecular weight excluding hydrogens is 211 g/mol. The molecule has 2 N–H and O–H groups in total. The van der Waals surface area contributed by atoms with Crippen LogP contribution in [0.2, 0.25) is 0 Å². The fourth-order valence-corrected chi connectivity index (χ4v) is 1.13. The van der Waals surface area contributed by atoms with Crippen LogP contribution in [-0.2, 0) is 0 Å². The molecule has 0 bridgehead atoms. The van der Waals surface area contributed by atoms with E-state index >= 15 is 0 Å². The minimum Gasteiger partial charge on any atom is -0.379 e. The molecule has 0 saturated carbocycles. The maximum Gasteiger partial charge on any atom is 0.418 e. The van der Waals surface area contributed by atoms with Crippen molar-refractivity contribution in [2.45, 2.75) is 26.1 Å². The summed E-state index contributed by atoms with van der Waals surface area (Å²) in [5.41, 5.74) is -0.796. The first kappa shape index (κ1) is 11.8. The summed E-state index contributed by atoms with van der Waals surface area (Å²) in [6.45, 7) is 2.97. The van der Waals surface area contributed by atoms with Crippen molar-refractivity contribution in [3.8, 4) is 0 Å². The lowest BCUT2D eigenvalue weighted by Crippen LogP contribution is -2.27. The molecule has 84 valence electrons. The van der Waals surface area contributed by atoms with Crippen LogP contribution in [0.5, 0.6) is 0 Å². The third-order valence-corrected chi connectivity index (χ3v) is 2.21.